The molecular weight excluding hydrogens is 352 g/mol. The Morgan fingerprint density at radius 3 is 2.54 bits per heavy atom. The molecule has 0 spiro atoms. The van der Waals surface area contributed by atoms with E-state index in [9.17, 15) is 9.59 Å². The third-order valence-corrected chi connectivity index (χ3v) is 4.51. The molecule has 0 bridgehead atoms. The van der Waals surface area contributed by atoms with Crippen LogP contribution in [0.5, 0.6) is 0 Å². The van der Waals surface area contributed by atoms with E-state index in [4.69, 9.17) is 4.74 Å². The van der Waals surface area contributed by atoms with Crippen LogP contribution in [0.1, 0.15) is 30.2 Å². The van der Waals surface area contributed by atoms with E-state index in [0.717, 1.165) is 23.7 Å². The van der Waals surface area contributed by atoms with Crippen LogP contribution < -0.4 is 5.32 Å². The second-order valence-electron chi connectivity index (χ2n) is 6.77. The first-order valence-electron chi connectivity index (χ1n) is 9.29. The van der Waals surface area contributed by atoms with Gasteiger partial charge in [-0.25, -0.2) is 9.78 Å². The molecule has 1 aliphatic rings. The van der Waals surface area contributed by atoms with Gasteiger partial charge in [0.1, 0.15) is 0 Å². The quantitative estimate of drug-likeness (QED) is 0.528. The predicted octanol–water partition coefficient (Wildman–Crippen LogP) is 3.81. The third-order valence-electron chi connectivity index (χ3n) is 4.51. The summed E-state index contributed by atoms with van der Waals surface area (Å²) in [5.74, 6) is -0.881. The van der Waals surface area contributed by atoms with Gasteiger partial charge in [-0.15, -0.1) is 0 Å². The van der Waals surface area contributed by atoms with Gasteiger partial charge in [0.05, 0.1) is 11.2 Å². The molecule has 1 fully saturated rings. The molecule has 1 saturated carbocycles. The summed E-state index contributed by atoms with van der Waals surface area (Å²) in [6.07, 6.45) is 3.86. The molecule has 0 radical (unpaired) electrons. The first-order valence-corrected chi connectivity index (χ1v) is 9.29. The fraction of sp³-hybridized carbons (Fsp3) is 0.174. The number of nitrogens with zero attached hydrogens (tertiary/aromatic N) is 1. The van der Waals surface area contributed by atoms with Crippen molar-refractivity contribution in [2.45, 2.75) is 25.0 Å². The summed E-state index contributed by atoms with van der Waals surface area (Å²) in [5, 5.41) is 3.93. The van der Waals surface area contributed by atoms with Crippen LogP contribution in [-0.2, 0) is 14.3 Å². The number of rotatable bonds is 6. The van der Waals surface area contributed by atoms with Crippen molar-refractivity contribution in [2.24, 2.45) is 0 Å². The van der Waals surface area contributed by atoms with Crippen molar-refractivity contribution in [2.75, 3.05) is 0 Å². The Labute approximate surface area is 163 Å². The molecule has 1 heterocycles. The number of ether oxygens (including phenoxy) is 1. The number of hydrogen-bond acceptors (Lipinski definition) is 4. The zero-order valence-electron chi connectivity index (χ0n) is 15.2. The Balaban J connectivity index is 1.48. The maximum atomic E-state index is 12.5. The van der Waals surface area contributed by atoms with Crippen molar-refractivity contribution in [3.8, 4) is 0 Å². The van der Waals surface area contributed by atoms with Crippen LogP contribution in [0.2, 0.25) is 0 Å². The zero-order valence-corrected chi connectivity index (χ0v) is 15.2. The summed E-state index contributed by atoms with van der Waals surface area (Å²) < 4.78 is 5.47. The average Bonchev–Trinajstić information content (AvgIpc) is 3.55. The topological polar surface area (TPSA) is 68.3 Å². The Hall–Kier alpha value is -3.47. The number of para-hydroxylation sites is 1. The van der Waals surface area contributed by atoms with Gasteiger partial charge in [0.25, 0.3) is 5.91 Å². The van der Waals surface area contributed by atoms with Crippen molar-refractivity contribution < 1.29 is 14.3 Å². The summed E-state index contributed by atoms with van der Waals surface area (Å²) in [4.78, 5) is 29.4. The first-order chi connectivity index (χ1) is 13.7. The molecular formula is C23H20N2O3. The smallest absolute Gasteiger partial charge is 0.331 e. The van der Waals surface area contributed by atoms with Gasteiger partial charge in [0.15, 0.2) is 0 Å². The minimum Gasteiger partial charge on any atom is -0.444 e. The molecule has 3 aromatic rings. The fourth-order valence-corrected chi connectivity index (χ4v) is 2.89. The molecule has 140 valence electrons. The normalized spacial score (nSPS) is 14.7. The first kappa shape index (κ1) is 17.9. The van der Waals surface area contributed by atoms with E-state index in [2.05, 4.69) is 10.3 Å². The molecule has 1 amide bonds. The van der Waals surface area contributed by atoms with Crippen LogP contribution in [-0.4, -0.2) is 22.9 Å². The van der Waals surface area contributed by atoms with Gasteiger partial charge in [-0.2, -0.15) is 0 Å². The number of carbonyl (C=O) groups excluding carboxylic acids is 2. The van der Waals surface area contributed by atoms with E-state index < -0.39 is 12.1 Å². The van der Waals surface area contributed by atoms with Crippen LogP contribution in [0.4, 0.5) is 0 Å². The molecule has 1 unspecified atom stereocenters. The lowest BCUT2D eigenvalue weighted by molar-refractivity contribution is -0.151. The molecule has 5 nitrogen and oxygen atoms in total. The van der Waals surface area contributed by atoms with Gasteiger partial charge < -0.3 is 10.1 Å². The molecule has 4 rings (SSSR count). The number of esters is 1. The number of fused-ring (bicyclic) bond motifs is 1. The monoisotopic (exact) mass is 372 g/mol. The average molecular weight is 372 g/mol. The largest absolute Gasteiger partial charge is 0.444 e. The van der Waals surface area contributed by atoms with Gasteiger partial charge in [0.2, 0.25) is 6.10 Å². The van der Waals surface area contributed by atoms with Gasteiger partial charge in [-0.3, -0.25) is 4.79 Å². The zero-order chi connectivity index (χ0) is 19.3. The van der Waals surface area contributed by atoms with Crippen molar-refractivity contribution in [1.29, 1.82) is 0 Å². The minimum atomic E-state index is -0.969. The lowest BCUT2D eigenvalue weighted by atomic mass is 10.1. The van der Waals surface area contributed by atoms with Crippen molar-refractivity contribution >= 4 is 28.9 Å². The molecule has 0 aliphatic heterocycles. The summed E-state index contributed by atoms with van der Waals surface area (Å²) in [7, 11) is 0. The predicted molar refractivity (Wildman–Crippen MR) is 107 cm³/mol. The standard InChI is InChI=1S/C23H20N2O3/c26-21(15-14-18-11-10-16-6-4-5-9-20(16)24-18)28-22(17-7-2-1-3-8-17)23(27)25-19-12-13-19/h1-11,14-15,19,22H,12-13H2,(H,25,27)/b15-14+. The number of amides is 1. The Kier molecular flexibility index (Phi) is 5.15. The van der Waals surface area contributed by atoms with Gasteiger partial charge in [-0.05, 0) is 31.1 Å². The van der Waals surface area contributed by atoms with Crippen LogP contribution in [0.25, 0.3) is 17.0 Å². The second-order valence-corrected chi connectivity index (χ2v) is 6.77. The van der Waals surface area contributed by atoms with E-state index in [1.54, 1.807) is 18.2 Å². The second kappa shape index (κ2) is 8.05. The van der Waals surface area contributed by atoms with Gasteiger partial charge in [-0.1, -0.05) is 54.6 Å². The summed E-state index contributed by atoms with van der Waals surface area (Å²) >= 11 is 0. The number of carbonyl (C=O) groups is 2. The Bertz CT molecular complexity index is 1030. The molecule has 1 N–H and O–H groups in total. The van der Waals surface area contributed by atoms with Crippen LogP contribution >= 0.6 is 0 Å². The van der Waals surface area contributed by atoms with Crippen molar-refractivity contribution in [1.82, 2.24) is 10.3 Å². The van der Waals surface area contributed by atoms with E-state index >= 15 is 0 Å². The van der Waals surface area contributed by atoms with E-state index in [-0.39, 0.29) is 11.9 Å². The number of hydrogen-bond donors (Lipinski definition) is 1. The lowest BCUT2D eigenvalue weighted by Crippen LogP contribution is -2.33. The number of nitrogens with one attached hydrogen (secondary N) is 1. The van der Waals surface area contributed by atoms with Crippen LogP contribution in [0, 0.1) is 0 Å². The highest BCUT2D eigenvalue weighted by atomic mass is 16.5. The van der Waals surface area contributed by atoms with Crippen molar-refractivity contribution in [3.63, 3.8) is 0 Å². The lowest BCUT2D eigenvalue weighted by Gasteiger charge is -2.17. The van der Waals surface area contributed by atoms with E-state index in [0.29, 0.717) is 11.3 Å². The number of aromatic nitrogens is 1. The molecule has 1 aromatic heterocycles. The molecule has 28 heavy (non-hydrogen) atoms. The molecule has 2 aromatic carbocycles. The van der Waals surface area contributed by atoms with Crippen LogP contribution in [0.15, 0.2) is 72.8 Å². The summed E-state index contributed by atoms with van der Waals surface area (Å²) in [6, 6.07) is 20.8. The highest BCUT2D eigenvalue weighted by molar-refractivity contribution is 5.91. The third kappa shape index (κ3) is 4.43. The fourth-order valence-electron chi connectivity index (χ4n) is 2.89. The summed E-state index contributed by atoms with van der Waals surface area (Å²) in [6.45, 7) is 0. The van der Waals surface area contributed by atoms with E-state index in [1.807, 2.05) is 54.6 Å². The number of pyridine rings is 1. The maximum absolute atomic E-state index is 12.5. The van der Waals surface area contributed by atoms with Gasteiger partial charge in [0, 0.05) is 23.1 Å². The minimum absolute atomic E-state index is 0.190. The molecule has 1 atom stereocenters. The number of benzene rings is 2. The molecule has 0 saturated heterocycles. The Morgan fingerprint density at radius 1 is 1.00 bits per heavy atom. The maximum Gasteiger partial charge on any atom is 0.331 e. The van der Waals surface area contributed by atoms with Gasteiger partial charge >= 0.3 is 5.97 Å². The highest BCUT2D eigenvalue weighted by Gasteiger charge is 2.30. The molecule has 5 heteroatoms. The van der Waals surface area contributed by atoms with Crippen LogP contribution in [0.3, 0.4) is 0 Å². The van der Waals surface area contributed by atoms with E-state index in [1.165, 1.54) is 6.08 Å². The summed E-state index contributed by atoms with van der Waals surface area (Å²) in [5.41, 5.74) is 2.14. The SMILES string of the molecule is O=C(/C=C/c1ccc2ccccc2n1)OC(C(=O)NC1CC1)c1ccccc1. The highest BCUT2D eigenvalue weighted by Crippen LogP contribution is 2.23. The van der Waals surface area contributed by atoms with Crippen molar-refractivity contribution in [3.05, 3.63) is 84.1 Å². The molecule has 1 aliphatic carbocycles. The Morgan fingerprint density at radius 2 is 1.75 bits per heavy atom.